The van der Waals surface area contributed by atoms with Crippen LogP contribution in [0, 0.1) is 11.6 Å². The molecule has 0 aliphatic carbocycles. The monoisotopic (exact) mass is 367 g/mol. The van der Waals surface area contributed by atoms with Crippen LogP contribution < -0.4 is 4.90 Å². The number of carbonyl (C=O) groups is 2. The van der Waals surface area contributed by atoms with Crippen LogP contribution in [-0.2, 0) is 14.3 Å². The molecule has 0 bridgehead atoms. The number of anilines is 1. The molecule has 140 valence electrons. The molecule has 0 radical (unpaired) electrons. The fourth-order valence-corrected chi connectivity index (χ4v) is 2.38. The largest absolute Gasteiger partial charge is 0.462 e. The van der Waals surface area contributed by atoms with Crippen molar-refractivity contribution >= 4 is 17.7 Å². The van der Waals surface area contributed by atoms with Crippen LogP contribution in [0.15, 0.2) is 24.4 Å². The average Bonchev–Trinajstić information content (AvgIpc) is 3.00. The molecule has 1 aromatic heterocycles. The van der Waals surface area contributed by atoms with E-state index >= 15 is 0 Å². The van der Waals surface area contributed by atoms with Gasteiger partial charge in [0.05, 0.1) is 26.0 Å². The summed E-state index contributed by atoms with van der Waals surface area (Å²) in [7, 11) is 1.46. The van der Waals surface area contributed by atoms with Crippen LogP contribution in [0.4, 0.5) is 14.6 Å². The van der Waals surface area contributed by atoms with Crippen molar-refractivity contribution in [3.8, 4) is 5.69 Å². The molecule has 26 heavy (non-hydrogen) atoms. The number of esters is 1. The topological polar surface area (TPSA) is 73.7 Å². The Morgan fingerprint density at radius 1 is 1.31 bits per heavy atom. The zero-order chi connectivity index (χ0) is 19.3. The molecule has 2 rings (SSSR count). The Morgan fingerprint density at radius 2 is 2.04 bits per heavy atom. The summed E-state index contributed by atoms with van der Waals surface area (Å²) in [4.78, 5) is 25.6. The molecular weight excluding hydrogens is 348 g/mol. The van der Waals surface area contributed by atoms with Gasteiger partial charge in [-0.15, -0.1) is 0 Å². The number of ether oxygens (including phenoxy) is 2. The van der Waals surface area contributed by atoms with Gasteiger partial charge < -0.3 is 9.47 Å². The van der Waals surface area contributed by atoms with Gasteiger partial charge in [0.1, 0.15) is 17.1 Å². The maximum absolute atomic E-state index is 14.2. The Hall–Kier alpha value is -2.81. The maximum atomic E-state index is 14.2. The Labute approximate surface area is 149 Å². The first kappa shape index (κ1) is 19.5. The van der Waals surface area contributed by atoms with E-state index in [-0.39, 0.29) is 36.8 Å². The lowest BCUT2D eigenvalue weighted by atomic mass is 10.2. The van der Waals surface area contributed by atoms with Crippen LogP contribution in [0.5, 0.6) is 0 Å². The second-order valence-corrected chi connectivity index (χ2v) is 5.27. The zero-order valence-corrected chi connectivity index (χ0v) is 14.7. The average molecular weight is 367 g/mol. The lowest BCUT2D eigenvalue weighted by Gasteiger charge is -2.23. The van der Waals surface area contributed by atoms with E-state index in [9.17, 15) is 18.4 Å². The standard InChI is InChI=1S/C17H19F2N3O4/c1-4-26-17(24)13-10-20-22(15-6-5-12(18)9-14(15)19)16(13)21(11(2)23)7-8-25-3/h5-6,9-10H,4,7-8H2,1-3H3. The van der Waals surface area contributed by atoms with Gasteiger partial charge in [-0.2, -0.15) is 5.10 Å². The molecule has 0 aliphatic heterocycles. The summed E-state index contributed by atoms with van der Waals surface area (Å²) in [5, 5.41) is 4.01. The fourth-order valence-electron chi connectivity index (χ4n) is 2.38. The summed E-state index contributed by atoms with van der Waals surface area (Å²) >= 11 is 0. The highest BCUT2D eigenvalue weighted by Gasteiger charge is 2.27. The Kier molecular flexibility index (Phi) is 6.40. The summed E-state index contributed by atoms with van der Waals surface area (Å²) in [6.07, 6.45) is 1.18. The number of rotatable bonds is 7. The summed E-state index contributed by atoms with van der Waals surface area (Å²) in [6.45, 7) is 3.33. The number of halogens is 2. The molecule has 0 N–H and O–H groups in total. The number of hydrogen-bond donors (Lipinski definition) is 0. The molecule has 9 heteroatoms. The van der Waals surface area contributed by atoms with Gasteiger partial charge in [-0.05, 0) is 19.1 Å². The highest BCUT2D eigenvalue weighted by Crippen LogP contribution is 2.27. The lowest BCUT2D eigenvalue weighted by molar-refractivity contribution is -0.116. The third kappa shape index (κ3) is 4.05. The van der Waals surface area contributed by atoms with Gasteiger partial charge in [-0.3, -0.25) is 9.69 Å². The summed E-state index contributed by atoms with van der Waals surface area (Å²) in [6, 6.07) is 2.92. The van der Waals surface area contributed by atoms with Crippen molar-refractivity contribution in [2.24, 2.45) is 0 Å². The summed E-state index contributed by atoms with van der Waals surface area (Å²) in [5.41, 5.74) is -0.123. The smallest absolute Gasteiger partial charge is 0.343 e. The van der Waals surface area contributed by atoms with E-state index in [2.05, 4.69) is 5.10 Å². The Bertz CT molecular complexity index is 807. The van der Waals surface area contributed by atoms with Gasteiger partial charge in [0, 0.05) is 20.1 Å². The molecule has 2 aromatic rings. The van der Waals surface area contributed by atoms with Crippen molar-refractivity contribution < 1.29 is 27.8 Å². The molecule has 0 fully saturated rings. The van der Waals surface area contributed by atoms with Gasteiger partial charge in [0.2, 0.25) is 5.91 Å². The first-order chi connectivity index (χ1) is 12.4. The van der Waals surface area contributed by atoms with Gasteiger partial charge in [-0.25, -0.2) is 18.3 Å². The maximum Gasteiger partial charge on any atom is 0.343 e. The van der Waals surface area contributed by atoms with Gasteiger partial charge in [0.15, 0.2) is 11.6 Å². The van der Waals surface area contributed by atoms with Crippen molar-refractivity contribution in [3.63, 3.8) is 0 Å². The molecule has 1 amide bonds. The number of aromatic nitrogens is 2. The predicted octanol–water partition coefficient (Wildman–Crippen LogP) is 2.33. The zero-order valence-electron chi connectivity index (χ0n) is 14.7. The Balaban J connectivity index is 2.64. The van der Waals surface area contributed by atoms with Crippen molar-refractivity contribution in [2.75, 3.05) is 31.8 Å². The molecule has 1 heterocycles. The molecule has 7 nitrogen and oxygen atoms in total. The number of hydrogen-bond acceptors (Lipinski definition) is 5. The number of carbonyl (C=O) groups excluding carboxylic acids is 2. The highest BCUT2D eigenvalue weighted by molar-refractivity contribution is 6.01. The van der Waals surface area contributed by atoms with Crippen LogP contribution in [0.1, 0.15) is 24.2 Å². The number of amides is 1. The van der Waals surface area contributed by atoms with Crippen LogP contribution in [0.2, 0.25) is 0 Å². The van der Waals surface area contributed by atoms with Crippen molar-refractivity contribution in [3.05, 3.63) is 41.6 Å². The number of methoxy groups -OCH3 is 1. The molecule has 0 spiro atoms. The SMILES string of the molecule is CCOC(=O)c1cnn(-c2ccc(F)cc2F)c1N(CCOC)C(C)=O. The molecule has 0 unspecified atom stereocenters. The van der Waals surface area contributed by atoms with Crippen molar-refractivity contribution in [1.82, 2.24) is 9.78 Å². The van der Waals surface area contributed by atoms with E-state index in [1.165, 1.54) is 31.2 Å². The first-order valence-electron chi connectivity index (χ1n) is 7.88. The van der Waals surface area contributed by atoms with E-state index in [0.29, 0.717) is 6.07 Å². The van der Waals surface area contributed by atoms with Crippen molar-refractivity contribution in [2.45, 2.75) is 13.8 Å². The van der Waals surface area contributed by atoms with Crippen LogP contribution in [-0.4, -0.2) is 48.5 Å². The second-order valence-electron chi connectivity index (χ2n) is 5.27. The van der Waals surface area contributed by atoms with E-state index in [1.54, 1.807) is 6.92 Å². The molecule has 0 saturated carbocycles. The minimum atomic E-state index is -0.889. The van der Waals surface area contributed by atoms with E-state index in [1.807, 2.05) is 0 Å². The van der Waals surface area contributed by atoms with E-state index < -0.39 is 23.5 Å². The molecule has 0 atom stereocenters. The Morgan fingerprint density at radius 3 is 2.62 bits per heavy atom. The second kappa shape index (κ2) is 8.52. The fraction of sp³-hybridized carbons (Fsp3) is 0.353. The summed E-state index contributed by atoms with van der Waals surface area (Å²) < 4.78 is 38.5. The van der Waals surface area contributed by atoms with Gasteiger partial charge >= 0.3 is 5.97 Å². The first-order valence-corrected chi connectivity index (χ1v) is 7.88. The molecule has 0 aliphatic rings. The van der Waals surface area contributed by atoms with Gasteiger partial charge in [0.25, 0.3) is 0 Å². The normalized spacial score (nSPS) is 10.7. The minimum Gasteiger partial charge on any atom is -0.462 e. The molecular formula is C17H19F2N3O4. The van der Waals surface area contributed by atoms with Crippen LogP contribution in [0.3, 0.4) is 0 Å². The summed E-state index contributed by atoms with van der Waals surface area (Å²) in [5.74, 6) is -2.73. The van der Waals surface area contributed by atoms with E-state index in [4.69, 9.17) is 9.47 Å². The lowest BCUT2D eigenvalue weighted by Crippen LogP contribution is -2.35. The highest BCUT2D eigenvalue weighted by atomic mass is 19.1. The van der Waals surface area contributed by atoms with Crippen LogP contribution in [0.25, 0.3) is 5.69 Å². The third-order valence-corrected chi connectivity index (χ3v) is 3.53. The predicted molar refractivity (Wildman–Crippen MR) is 89.3 cm³/mol. The quantitative estimate of drug-likeness (QED) is 0.702. The molecule has 1 aromatic carbocycles. The number of benzene rings is 1. The van der Waals surface area contributed by atoms with Crippen LogP contribution >= 0.6 is 0 Å². The minimum absolute atomic E-state index is 0.0121. The third-order valence-electron chi connectivity index (χ3n) is 3.53. The van der Waals surface area contributed by atoms with E-state index in [0.717, 1.165) is 10.7 Å². The van der Waals surface area contributed by atoms with Gasteiger partial charge in [-0.1, -0.05) is 0 Å². The number of nitrogens with zero attached hydrogens (tertiary/aromatic N) is 3. The van der Waals surface area contributed by atoms with Crippen molar-refractivity contribution in [1.29, 1.82) is 0 Å². The molecule has 0 saturated heterocycles.